The highest BCUT2D eigenvalue weighted by molar-refractivity contribution is 5.99. The summed E-state index contributed by atoms with van der Waals surface area (Å²) in [6.45, 7) is 0.734. The van der Waals surface area contributed by atoms with Gasteiger partial charge in [-0.2, -0.15) is 0 Å². The predicted octanol–water partition coefficient (Wildman–Crippen LogP) is 2.01. The first-order valence-electron chi connectivity index (χ1n) is 7.31. The Kier molecular flexibility index (Phi) is 3.57. The fraction of sp³-hybridized carbons (Fsp3) is 0.500. The van der Waals surface area contributed by atoms with Crippen LogP contribution in [0.15, 0.2) is 24.3 Å². The third-order valence-electron chi connectivity index (χ3n) is 4.44. The molecule has 0 unspecified atom stereocenters. The third-order valence-corrected chi connectivity index (χ3v) is 4.44. The van der Waals surface area contributed by atoms with Gasteiger partial charge in [0.2, 0.25) is 0 Å². The summed E-state index contributed by atoms with van der Waals surface area (Å²) in [6.07, 6.45) is 3.30. The molecule has 1 aromatic carbocycles. The maximum atomic E-state index is 12.8. The van der Waals surface area contributed by atoms with Gasteiger partial charge in [-0.25, -0.2) is 4.79 Å². The van der Waals surface area contributed by atoms with Gasteiger partial charge in [0, 0.05) is 5.56 Å². The molecule has 112 valence electrons. The lowest BCUT2D eigenvalue weighted by molar-refractivity contribution is -0.164. The van der Waals surface area contributed by atoms with E-state index in [-0.39, 0.29) is 18.5 Å². The van der Waals surface area contributed by atoms with E-state index >= 15 is 0 Å². The second-order valence-electron chi connectivity index (χ2n) is 5.56. The van der Waals surface area contributed by atoms with Gasteiger partial charge in [0.15, 0.2) is 0 Å². The predicted molar refractivity (Wildman–Crippen MR) is 76.2 cm³/mol. The quantitative estimate of drug-likeness (QED) is 0.781. The Morgan fingerprint density at radius 3 is 2.81 bits per heavy atom. The standard InChI is InChI=1S/C16H19NO4/c1-20-13-6-4-5-12(11-13)14(18)17-9-10-21-15(19)16(17)7-2-3-8-16/h4-6,11H,2-3,7-10H2,1H3. The zero-order valence-electron chi connectivity index (χ0n) is 12.1. The average molecular weight is 289 g/mol. The van der Waals surface area contributed by atoms with Gasteiger partial charge in [0.05, 0.1) is 13.7 Å². The van der Waals surface area contributed by atoms with Crippen molar-refractivity contribution in [3.05, 3.63) is 29.8 Å². The first kappa shape index (κ1) is 13.9. The highest BCUT2D eigenvalue weighted by Gasteiger charge is 2.51. The van der Waals surface area contributed by atoms with Gasteiger partial charge in [0.25, 0.3) is 5.91 Å². The van der Waals surface area contributed by atoms with Crippen LogP contribution in [0.1, 0.15) is 36.0 Å². The molecule has 21 heavy (non-hydrogen) atoms. The number of ether oxygens (including phenoxy) is 2. The molecule has 1 aliphatic carbocycles. The molecule has 1 spiro atoms. The van der Waals surface area contributed by atoms with E-state index in [9.17, 15) is 9.59 Å². The lowest BCUT2D eigenvalue weighted by Gasteiger charge is -2.42. The van der Waals surface area contributed by atoms with Crippen molar-refractivity contribution in [2.24, 2.45) is 0 Å². The van der Waals surface area contributed by atoms with Crippen LogP contribution in [0.4, 0.5) is 0 Å². The lowest BCUT2D eigenvalue weighted by atomic mass is 9.92. The smallest absolute Gasteiger partial charge is 0.332 e. The molecular formula is C16H19NO4. The van der Waals surface area contributed by atoms with Gasteiger partial charge >= 0.3 is 5.97 Å². The van der Waals surface area contributed by atoms with E-state index < -0.39 is 5.54 Å². The topological polar surface area (TPSA) is 55.8 Å². The summed E-state index contributed by atoms with van der Waals surface area (Å²) in [7, 11) is 1.57. The van der Waals surface area contributed by atoms with Gasteiger partial charge in [-0.1, -0.05) is 18.9 Å². The van der Waals surface area contributed by atoms with Crippen LogP contribution in [0, 0.1) is 0 Å². The van der Waals surface area contributed by atoms with Crippen molar-refractivity contribution in [2.45, 2.75) is 31.2 Å². The van der Waals surface area contributed by atoms with Gasteiger partial charge in [-0.3, -0.25) is 4.79 Å². The second-order valence-corrected chi connectivity index (χ2v) is 5.56. The van der Waals surface area contributed by atoms with E-state index in [0.717, 1.165) is 12.8 Å². The number of hydrogen-bond acceptors (Lipinski definition) is 4. The van der Waals surface area contributed by atoms with Crippen molar-refractivity contribution in [3.8, 4) is 5.75 Å². The molecule has 1 heterocycles. The summed E-state index contributed by atoms with van der Waals surface area (Å²) < 4.78 is 10.4. The lowest BCUT2D eigenvalue weighted by Crippen LogP contribution is -2.60. The zero-order chi connectivity index (χ0) is 14.9. The number of amides is 1. The molecule has 2 fully saturated rings. The van der Waals surface area contributed by atoms with E-state index in [4.69, 9.17) is 9.47 Å². The van der Waals surface area contributed by atoms with Crippen molar-refractivity contribution >= 4 is 11.9 Å². The Bertz CT molecular complexity index is 563. The van der Waals surface area contributed by atoms with E-state index in [2.05, 4.69) is 0 Å². The maximum absolute atomic E-state index is 12.8. The van der Waals surface area contributed by atoms with E-state index in [1.54, 1.807) is 36.3 Å². The Labute approximate surface area is 123 Å². The average Bonchev–Trinajstić information content (AvgIpc) is 3.00. The van der Waals surface area contributed by atoms with Crippen LogP contribution in [0.5, 0.6) is 5.75 Å². The monoisotopic (exact) mass is 289 g/mol. The number of hydrogen-bond donors (Lipinski definition) is 0. The SMILES string of the molecule is COc1cccc(C(=O)N2CCOC(=O)C23CCCC3)c1. The first-order chi connectivity index (χ1) is 10.2. The molecule has 2 aliphatic rings. The molecule has 0 aromatic heterocycles. The number of morpholine rings is 1. The molecule has 0 radical (unpaired) electrons. The van der Waals surface area contributed by atoms with E-state index in [1.165, 1.54) is 0 Å². The van der Waals surface area contributed by atoms with Gasteiger partial charge in [-0.15, -0.1) is 0 Å². The van der Waals surface area contributed by atoms with Crippen LogP contribution >= 0.6 is 0 Å². The highest BCUT2D eigenvalue weighted by atomic mass is 16.5. The number of esters is 1. The highest BCUT2D eigenvalue weighted by Crippen LogP contribution is 2.39. The number of nitrogens with zero attached hydrogens (tertiary/aromatic N) is 1. The second kappa shape index (κ2) is 5.39. The van der Waals surface area contributed by atoms with Crippen LogP contribution in [0.25, 0.3) is 0 Å². The third kappa shape index (κ3) is 2.26. The molecular weight excluding hydrogens is 270 g/mol. The van der Waals surface area contributed by atoms with Crippen LogP contribution < -0.4 is 4.74 Å². The molecule has 0 N–H and O–H groups in total. The summed E-state index contributed by atoms with van der Waals surface area (Å²) in [4.78, 5) is 26.8. The summed E-state index contributed by atoms with van der Waals surface area (Å²) in [5.74, 6) is 0.274. The zero-order valence-corrected chi connectivity index (χ0v) is 12.1. The number of benzene rings is 1. The van der Waals surface area contributed by atoms with Crippen LogP contribution in [-0.2, 0) is 9.53 Å². The largest absolute Gasteiger partial charge is 0.497 e. The summed E-state index contributed by atoms with van der Waals surface area (Å²) in [5.41, 5.74) is -0.200. The molecule has 1 aliphatic heterocycles. The Morgan fingerprint density at radius 2 is 2.10 bits per heavy atom. The summed E-state index contributed by atoms with van der Waals surface area (Å²) in [5, 5.41) is 0. The molecule has 5 nitrogen and oxygen atoms in total. The van der Waals surface area contributed by atoms with Crippen LogP contribution in [0.3, 0.4) is 0 Å². The molecule has 1 saturated carbocycles. The van der Waals surface area contributed by atoms with Crippen LogP contribution in [0.2, 0.25) is 0 Å². The minimum atomic E-state index is -0.752. The molecule has 1 saturated heterocycles. The Balaban J connectivity index is 1.93. The summed E-state index contributed by atoms with van der Waals surface area (Å²) in [6, 6.07) is 7.06. The van der Waals surface area contributed by atoms with Crippen LogP contribution in [-0.4, -0.2) is 42.6 Å². The van der Waals surface area contributed by atoms with E-state index in [0.29, 0.717) is 30.7 Å². The minimum Gasteiger partial charge on any atom is -0.497 e. The Morgan fingerprint density at radius 1 is 1.33 bits per heavy atom. The Hall–Kier alpha value is -2.04. The van der Waals surface area contributed by atoms with E-state index in [1.807, 2.05) is 0 Å². The number of rotatable bonds is 2. The van der Waals surface area contributed by atoms with Crippen molar-refractivity contribution < 1.29 is 19.1 Å². The van der Waals surface area contributed by atoms with Crippen molar-refractivity contribution in [2.75, 3.05) is 20.3 Å². The number of carbonyl (C=O) groups is 2. The minimum absolute atomic E-state index is 0.118. The number of methoxy groups -OCH3 is 1. The van der Waals surface area contributed by atoms with Gasteiger partial charge < -0.3 is 14.4 Å². The summed E-state index contributed by atoms with van der Waals surface area (Å²) >= 11 is 0. The van der Waals surface area contributed by atoms with Crippen molar-refractivity contribution in [1.29, 1.82) is 0 Å². The fourth-order valence-electron chi connectivity index (χ4n) is 3.33. The fourth-order valence-corrected chi connectivity index (χ4v) is 3.33. The van der Waals surface area contributed by atoms with Crippen molar-refractivity contribution in [3.63, 3.8) is 0 Å². The molecule has 5 heteroatoms. The van der Waals surface area contributed by atoms with Gasteiger partial charge in [0.1, 0.15) is 17.9 Å². The molecule has 3 rings (SSSR count). The maximum Gasteiger partial charge on any atom is 0.332 e. The number of cyclic esters (lactones) is 1. The molecule has 1 aromatic rings. The van der Waals surface area contributed by atoms with Gasteiger partial charge in [-0.05, 0) is 31.0 Å². The molecule has 1 amide bonds. The normalized spacial score (nSPS) is 20.4. The first-order valence-corrected chi connectivity index (χ1v) is 7.31. The molecule has 0 bridgehead atoms. The number of carbonyl (C=O) groups excluding carboxylic acids is 2. The van der Waals surface area contributed by atoms with Crippen molar-refractivity contribution in [1.82, 2.24) is 4.90 Å². The molecule has 0 atom stereocenters.